The summed E-state index contributed by atoms with van der Waals surface area (Å²) < 4.78 is 50.5. The summed E-state index contributed by atoms with van der Waals surface area (Å²) in [6, 6.07) is 0. The minimum absolute atomic E-state index is 0.274. The van der Waals surface area contributed by atoms with Crippen LogP contribution in [0, 0.1) is 0 Å². The summed E-state index contributed by atoms with van der Waals surface area (Å²) in [7, 11) is 0.106. The predicted octanol–water partition coefficient (Wildman–Crippen LogP) is -0.108. The Morgan fingerprint density at radius 2 is 1.18 bits per heavy atom. The minimum Gasteiger partial charge on any atom is -0.379 e. The Kier molecular flexibility index (Phi) is 14.1. The lowest BCUT2D eigenvalue weighted by Gasteiger charge is -2.10. The zero-order valence-electron chi connectivity index (χ0n) is 13.5. The van der Waals surface area contributed by atoms with Gasteiger partial charge in [-0.3, -0.25) is 4.55 Å². The standard InChI is InChI=1S/C13H29NO7S/c1-14(2)4-6-19-8-10-21-12-11-20-9-7-18-5-3-13-22(15,16)17/h3-13H2,1-2H3,(H,15,16,17). The van der Waals surface area contributed by atoms with Crippen LogP contribution in [0.4, 0.5) is 0 Å². The molecule has 0 fully saturated rings. The van der Waals surface area contributed by atoms with Crippen molar-refractivity contribution in [1.29, 1.82) is 0 Å². The van der Waals surface area contributed by atoms with E-state index in [2.05, 4.69) is 4.90 Å². The van der Waals surface area contributed by atoms with Gasteiger partial charge in [0.05, 0.1) is 52.0 Å². The third kappa shape index (κ3) is 19.7. The zero-order valence-corrected chi connectivity index (χ0v) is 14.3. The van der Waals surface area contributed by atoms with Gasteiger partial charge in [-0.05, 0) is 20.5 Å². The summed E-state index contributed by atoms with van der Waals surface area (Å²) in [4.78, 5) is 2.06. The topological polar surface area (TPSA) is 94.5 Å². The highest BCUT2D eigenvalue weighted by Gasteiger charge is 2.02. The van der Waals surface area contributed by atoms with E-state index in [1.807, 2.05) is 14.1 Å². The van der Waals surface area contributed by atoms with E-state index in [1.165, 1.54) is 0 Å². The van der Waals surface area contributed by atoms with Gasteiger partial charge in [0.2, 0.25) is 0 Å². The lowest BCUT2D eigenvalue weighted by atomic mass is 10.5. The molecule has 0 rings (SSSR count). The van der Waals surface area contributed by atoms with Crippen LogP contribution in [0.25, 0.3) is 0 Å². The van der Waals surface area contributed by atoms with Crippen LogP contribution < -0.4 is 0 Å². The highest BCUT2D eigenvalue weighted by Crippen LogP contribution is 1.90. The lowest BCUT2D eigenvalue weighted by Crippen LogP contribution is -2.19. The minimum atomic E-state index is -3.89. The lowest BCUT2D eigenvalue weighted by molar-refractivity contribution is -0.00281. The molecular weight excluding hydrogens is 314 g/mol. The summed E-state index contributed by atoms with van der Waals surface area (Å²) in [5, 5.41) is 0. The van der Waals surface area contributed by atoms with Crippen molar-refractivity contribution in [3.63, 3.8) is 0 Å². The number of ether oxygens (including phenoxy) is 4. The van der Waals surface area contributed by atoms with Crippen molar-refractivity contribution >= 4 is 10.1 Å². The van der Waals surface area contributed by atoms with Crippen molar-refractivity contribution in [1.82, 2.24) is 4.90 Å². The third-order valence-corrected chi connectivity index (χ3v) is 3.29. The smallest absolute Gasteiger partial charge is 0.264 e. The van der Waals surface area contributed by atoms with E-state index >= 15 is 0 Å². The molecule has 0 amide bonds. The van der Waals surface area contributed by atoms with Gasteiger partial charge in [0.15, 0.2) is 0 Å². The van der Waals surface area contributed by atoms with E-state index < -0.39 is 10.1 Å². The Labute approximate surface area is 133 Å². The van der Waals surface area contributed by atoms with E-state index in [1.54, 1.807) is 0 Å². The molecule has 134 valence electrons. The Balaban J connectivity index is 3.06. The van der Waals surface area contributed by atoms with E-state index in [9.17, 15) is 8.42 Å². The zero-order chi connectivity index (χ0) is 16.7. The molecule has 0 radical (unpaired) electrons. The summed E-state index contributed by atoms with van der Waals surface area (Å²) in [5.74, 6) is -0.279. The van der Waals surface area contributed by atoms with Crippen LogP contribution in [0.3, 0.4) is 0 Å². The van der Waals surface area contributed by atoms with Gasteiger partial charge >= 0.3 is 0 Å². The normalized spacial score (nSPS) is 12.2. The largest absolute Gasteiger partial charge is 0.379 e. The first-order valence-corrected chi connectivity index (χ1v) is 8.93. The average molecular weight is 343 g/mol. The molecular formula is C13H29NO7S. The molecule has 22 heavy (non-hydrogen) atoms. The van der Waals surface area contributed by atoms with Gasteiger partial charge in [0.25, 0.3) is 10.1 Å². The van der Waals surface area contributed by atoms with Gasteiger partial charge < -0.3 is 23.8 Å². The molecule has 1 N–H and O–H groups in total. The number of hydrogen-bond acceptors (Lipinski definition) is 7. The second-order valence-electron chi connectivity index (χ2n) is 4.89. The second kappa shape index (κ2) is 14.3. The van der Waals surface area contributed by atoms with Crippen LogP contribution in [-0.4, -0.2) is 97.1 Å². The van der Waals surface area contributed by atoms with Crippen LogP contribution in [0.5, 0.6) is 0 Å². The first-order chi connectivity index (χ1) is 10.4. The maximum Gasteiger partial charge on any atom is 0.264 e. The molecule has 0 aromatic rings. The van der Waals surface area contributed by atoms with Crippen LogP contribution in [0.1, 0.15) is 6.42 Å². The molecule has 0 saturated carbocycles. The highest BCUT2D eigenvalue weighted by molar-refractivity contribution is 7.85. The maximum absolute atomic E-state index is 10.4. The SMILES string of the molecule is CN(C)CCOCCOCCOCCOCCCS(=O)(=O)O. The number of rotatable bonds is 16. The molecule has 0 aliphatic heterocycles. The van der Waals surface area contributed by atoms with Crippen LogP contribution in [0.15, 0.2) is 0 Å². The third-order valence-electron chi connectivity index (χ3n) is 2.49. The highest BCUT2D eigenvalue weighted by atomic mass is 32.2. The van der Waals surface area contributed by atoms with Gasteiger partial charge in [0, 0.05) is 13.2 Å². The van der Waals surface area contributed by atoms with E-state index in [4.69, 9.17) is 23.5 Å². The maximum atomic E-state index is 10.4. The van der Waals surface area contributed by atoms with Crippen LogP contribution >= 0.6 is 0 Å². The quantitative estimate of drug-likeness (QED) is 0.306. The number of likely N-dealkylation sites (N-methyl/N-ethyl adjacent to an activating group) is 1. The monoisotopic (exact) mass is 343 g/mol. The predicted molar refractivity (Wildman–Crippen MR) is 82.9 cm³/mol. The summed E-state index contributed by atoms with van der Waals surface area (Å²) in [6.45, 7) is 4.78. The van der Waals surface area contributed by atoms with Crippen molar-refractivity contribution in [2.24, 2.45) is 0 Å². The second-order valence-corrected chi connectivity index (χ2v) is 6.46. The van der Waals surface area contributed by atoms with E-state index in [0.29, 0.717) is 46.2 Å². The number of nitrogens with zero attached hydrogens (tertiary/aromatic N) is 1. The van der Waals surface area contributed by atoms with E-state index in [-0.39, 0.29) is 18.8 Å². The van der Waals surface area contributed by atoms with Crippen molar-refractivity contribution in [3.8, 4) is 0 Å². The first kappa shape index (κ1) is 21.7. The fourth-order valence-electron chi connectivity index (χ4n) is 1.35. The molecule has 0 aliphatic rings. The summed E-state index contributed by atoms with van der Waals surface area (Å²) in [6.07, 6.45) is 0.274. The van der Waals surface area contributed by atoms with Gasteiger partial charge in [-0.2, -0.15) is 8.42 Å². The number of hydrogen-bond donors (Lipinski definition) is 1. The Morgan fingerprint density at radius 3 is 1.59 bits per heavy atom. The van der Waals surface area contributed by atoms with Gasteiger partial charge in [0.1, 0.15) is 0 Å². The molecule has 0 spiro atoms. The Bertz CT molecular complexity index is 335. The molecule has 0 saturated heterocycles. The average Bonchev–Trinajstić information content (AvgIpc) is 2.41. The summed E-state index contributed by atoms with van der Waals surface area (Å²) >= 11 is 0. The molecule has 0 unspecified atom stereocenters. The van der Waals surface area contributed by atoms with Crippen molar-refractivity contribution in [2.75, 3.05) is 79.2 Å². The molecule has 0 aromatic heterocycles. The van der Waals surface area contributed by atoms with Crippen molar-refractivity contribution < 1.29 is 31.9 Å². The van der Waals surface area contributed by atoms with E-state index in [0.717, 1.165) is 6.54 Å². The molecule has 8 nitrogen and oxygen atoms in total. The van der Waals surface area contributed by atoms with Crippen LogP contribution in [0.2, 0.25) is 0 Å². The molecule has 0 heterocycles. The van der Waals surface area contributed by atoms with Crippen LogP contribution in [-0.2, 0) is 29.1 Å². The molecule has 0 aliphatic carbocycles. The Morgan fingerprint density at radius 1 is 0.773 bits per heavy atom. The molecule has 0 bridgehead atoms. The molecule has 0 atom stereocenters. The fraction of sp³-hybridized carbons (Fsp3) is 1.00. The van der Waals surface area contributed by atoms with Gasteiger partial charge in [-0.25, -0.2) is 0 Å². The van der Waals surface area contributed by atoms with Gasteiger partial charge in [-0.1, -0.05) is 0 Å². The van der Waals surface area contributed by atoms with Crippen molar-refractivity contribution in [3.05, 3.63) is 0 Å². The summed E-state index contributed by atoms with van der Waals surface area (Å²) in [5.41, 5.74) is 0. The Hall–Kier alpha value is -0.290. The first-order valence-electron chi connectivity index (χ1n) is 7.32. The van der Waals surface area contributed by atoms with Crippen molar-refractivity contribution in [2.45, 2.75) is 6.42 Å². The van der Waals surface area contributed by atoms with Gasteiger partial charge in [-0.15, -0.1) is 0 Å². The molecule has 9 heteroatoms. The molecule has 0 aromatic carbocycles. The fourth-order valence-corrected chi connectivity index (χ4v) is 1.83.